The molecule has 112 valence electrons. The molecular weight excluding hydrogens is 296 g/mol. The maximum atomic E-state index is 13.1. The van der Waals surface area contributed by atoms with Crippen LogP contribution in [-0.2, 0) is 13.0 Å². The summed E-state index contributed by atoms with van der Waals surface area (Å²) in [7, 11) is 0. The van der Waals surface area contributed by atoms with Gasteiger partial charge in [0, 0.05) is 12.1 Å². The van der Waals surface area contributed by atoms with Gasteiger partial charge in [-0.15, -0.1) is 0 Å². The van der Waals surface area contributed by atoms with Gasteiger partial charge in [0.1, 0.15) is 24.0 Å². The fraction of sp³-hybridized carbons (Fsp3) is 0.250. The number of hydrogen-bond acceptors (Lipinski definition) is 2. The Morgan fingerprint density at radius 3 is 2.33 bits per heavy atom. The van der Waals surface area contributed by atoms with Gasteiger partial charge in [0.15, 0.2) is 0 Å². The molecule has 0 aliphatic carbocycles. The van der Waals surface area contributed by atoms with Gasteiger partial charge in [-0.2, -0.15) is 0 Å². The van der Waals surface area contributed by atoms with Crippen molar-refractivity contribution in [3.63, 3.8) is 0 Å². The van der Waals surface area contributed by atoms with Crippen molar-refractivity contribution in [1.29, 1.82) is 0 Å². The maximum Gasteiger partial charge on any atom is 0.138 e. The fourth-order valence-electron chi connectivity index (χ4n) is 2.02. The molecule has 0 saturated carbocycles. The van der Waals surface area contributed by atoms with Crippen LogP contribution in [0.1, 0.15) is 18.1 Å². The number of halogens is 3. The third kappa shape index (κ3) is 4.69. The van der Waals surface area contributed by atoms with E-state index in [4.69, 9.17) is 22.1 Å². The molecule has 0 radical (unpaired) electrons. The lowest BCUT2D eigenvalue weighted by molar-refractivity contribution is 0.305. The van der Waals surface area contributed by atoms with Crippen molar-refractivity contribution in [3.8, 4) is 5.75 Å². The van der Waals surface area contributed by atoms with Crippen LogP contribution in [0.25, 0.3) is 0 Å². The normalized spacial score (nSPS) is 12.2. The first-order valence-electron chi connectivity index (χ1n) is 6.56. The lowest BCUT2D eigenvalue weighted by atomic mass is 10.1. The van der Waals surface area contributed by atoms with Gasteiger partial charge in [0.25, 0.3) is 0 Å². The van der Waals surface area contributed by atoms with E-state index in [9.17, 15) is 8.78 Å². The molecule has 1 atom stereocenters. The van der Waals surface area contributed by atoms with E-state index in [1.807, 2.05) is 13.0 Å². The molecule has 0 aliphatic rings. The van der Waals surface area contributed by atoms with Crippen LogP contribution in [0, 0.1) is 11.6 Å². The minimum absolute atomic E-state index is 0.0427. The first-order valence-corrected chi connectivity index (χ1v) is 6.93. The average Bonchev–Trinajstić information content (AvgIpc) is 2.36. The summed E-state index contributed by atoms with van der Waals surface area (Å²) < 4.78 is 31.6. The third-order valence-corrected chi connectivity index (χ3v) is 3.17. The Labute approximate surface area is 127 Å². The molecule has 0 bridgehead atoms. The van der Waals surface area contributed by atoms with Crippen molar-refractivity contribution in [2.24, 2.45) is 5.73 Å². The molecule has 0 fully saturated rings. The van der Waals surface area contributed by atoms with Crippen molar-refractivity contribution in [2.75, 3.05) is 0 Å². The van der Waals surface area contributed by atoms with E-state index in [0.29, 0.717) is 16.3 Å². The lowest BCUT2D eigenvalue weighted by Gasteiger charge is -2.11. The molecule has 0 amide bonds. The number of hydrogen-bond donors (Lipinski definition) is 1. The van der Waals surface area contributed by atoms with Gasteiger partial charge in [-0.3, -0.25) is 0 Å². The third-order valence-electron chi connectivity index (χ3n) is 2.87. The molecule has 2 N–H and O–H groups in total. The van der Waals surface area contributed by atoms with Crippen LogP contribution in [0.3, 0.4) is 0 Å². The molecule has 2 aromatic rings. The molecule has 0 spiro atoms. The van der Waals surface area contributed by atoms with Crippen molar-refractivity contribution in [1.82, 2.24) is 0 Å². The smallest absolute Gasteiger partial charge is 0.138 e. The van der Waals surface area contributed by atoms with Crippen LogP contribution in [0.5, 0.6) is 5.75 Å². The standard InChI is InChI=1S/C16H16ClF2NO/c1-10(20)4-11-2-3-16(15(17)7-11)21-9-12-5-13(18)8-14(19)6-12/h2-3,5-8,10H,4,9,20H2,1H3. The van der Waals surface area contributed by atoms with Crippen molar-refractivity contribution >= 4 is 11.6 Å². The fourth-order valence-corrected chi connectivity index (χ4v) is 2.27. The van der Waals surface area contributed by atoms with E-state index in [2.05, 4.69) is 0 Å². The summed E-state index contributed by atoms with van der Waals surface area (Å²) in [6, 6.07) is 8.70. The summed E-state index contributed by atoms with van der Waals surface area (Å²) in [4.78, 5) is 0. The Morgan fingerprint density at radius 2 is 1.76 bits per heavy atom. The molecule has 2 nitrogen and oxygen atoms in total. The average molecular weight is 312 g/mol. The first kappa shape index (κ1) is 15.7. The molecule has 1 unspecified atom stereocenters. The second kappa shape index (κ2) is 6.87. The van der Waals surface area contributed by atoms with E-state index < -0.39 is 11.6 Å². The Balaban J connectivity index is 2.06. The number of rotatable bonds is 5. The highest BCUT2D eigenvalue weighted by Crippen LogP contribution is 2.27. The Bertz CT molecular complexity index is 611. The topological polar surface area (TPSA) is 35.2 Å². The van der Waals surface area contributed by atoms with Crippen molar-refractivity contribution in [2.45, 2.75) is 26.0 Å². The number of benzene rings is 2. The van der Waals surface area contributed by atoms with E-state index in [1.165, 1.54) is 12.1 Å². The van der Waals surface area contributed by atoms with E-state index in [1.54, 1.807) is 12.1 Å². The molecule has 2 rings (SSSR count). The predicted octanol–water partition coefficient (Wildman–Crippen LogP) is 4.09. The molecule has 0 heterocycles. The van der Waals surface area contributed by atoms with Gasteiger partial charge in [-0.05, 0) is 48.7 Å². The number of nitrogens with two attached hydrogens (primary N) is 1. The van der Waals surface area contributed by atoms with Gasteiger partial charge in [0.2, 0.25) is 0 Å². The molecule has 5 heteroatoms. The van der Waals surface area contributed by atoms with Crippen LogP contribution in [-0.4, -0.2) is 6.04 Å². The zero-order valence-electron chi connectivity index (χ0n) is 11.6. The molecule has 21 heavy (non-hydrogen) atoms. The van der Waals surface area contributed by atoms with E-state index >= 15 is 0 Å². The molecular formula is C16H16ClF2NO. The van der Waals surface area contributed by atoms with E-state index in [0.717, 1.165) is 18.1 Å². The summed E-state index contributed by atoms with van der Waals surface area (Å²) in [5, 5.41) is 0.449. The van der Waals surface area contributed by atoms with Crippen LogP contribution < -0.4 is 10.5 Å². The SMILES string of the molecule is CC(N)Cc1ccc(OCc2cc(F)cc(F)c2)c(Cl)c1. The second-order valence-corrected chi connectivity index (χ2v) is 5.42. The summed E-state index contributed by atoms with van der Waals surface area (Å²) >= 11 is 6.13. The van der Waals surface area contributed by atoms with Gasteiger partial charge in [-0.25, -0.2) is 8.78 Å². The maximum absolute atomic E-state index is 13.1. The van der Waals surface area contributed by atoms with Gasteiger partial charge < -0.3 is 10.5 Å². The molecule has 0 aliphatic heterocycles. The summed E-state index contributed by atoms with van der Waals surface area (Å²) in [5.41, 5.74) is 7.15. The Hall–Kier alpha value is -1.65. The van der Waals surface area contributed by atoms with Crippen molar-refractivity contribution in [3.05, 3.63) is 64.2 Å². The summed E-state index contributed by atoms with van der Waals surface area (Å²) in [6.07, 6.45) is 0.717. The number of ether oxygens (including phenoxy) is 1. The zero-order chi connectivity index (χ0) is 15.4. The molecule has 0 saturated heterocycles. The highest BCUT2D eigenvalue weighted by atomic mass is 35.5. The quantitative estimate of drug-likeness (QED) is 0.902. The van der Waals surface area contributed by atoms with Gasteiger partial charge >= 0.3 is 0 Å². The largest absolute Gasteiger partial charge is 0.487 e. The van der Waals surface area contributed by atoms with E-state index in [-0.39, 0.29) is 12.6 Å². The second-order valence-electron chi connectivity index (χ2n) is 5.01. The highest BCUT2D eigenvalue weighted by Gasteiger charge is 2.07. The Kier molecular flexibility index (Phi) is 5.15. The van der Waals surface area contributed by atoms with Crippen LogP contribution >= 0.6 is 11.6 Å². The summed E-state index contributed by atoms with van der Waals surface area (Å²) in [6.45, 7) is 1.96. The minimum Gasteiger partial charge on any atom is -0.487 e. The molecule has 0 aromatic heterocycles. The van der Waals surface area contributed by atoms with Crippen molar-refractivity contribution < 1.29 is 13.5 Å². The van der Waals surface area contributed by atoms with Crippen LogP contribution in [0.15, 0.2) is 36.4 Å². The first-order chi connectivity index (χ1) is 9.94. The highest BCUT2D eigenvalue weighted by molar-refractivity contribution is 6.32. The predicted molar refractivity (Wildman–Crippen MR) is 79.5 cm³/mol. The van der Waals surface area contributed by atoms with Gasteiger partial charge in [-0.1, -0.05) is 17.7 Å². The lowest BCUT2D eigenvalue weighted by Crippen LogP contribution is -2.17. The zero-order valence-corrected chi connectivity index (χ0v) is 12.3. The Morgan fingerprint density at radius 1 is 1.10 bits per heavy atom. The van der Waals surface area contributed by atoms with Crippen LogP contribution in [0.2, 0.25) is 5.02 Å². The molecule has 2 aromatic carbocycles. The summed E-state index contributed by atoms with van der Waals surface area (Å²) in [5.74, 6) is -0.797. The van der Waals surface area contributed by atoms with Crippen LogP contribution in [0.4, 0.5) is 8.78 Å². The monoisotopic (exact) mass is 311 g/mol. The minimum atomic E-state index is -0.632. The van der Waals surface area contributed by atoms with Gasteiger partial charge in [0.05, 0.1) is 5.02 Å².